The molecule has 5 heteroatoms. The summed E-state index contributed by atoms with van der Waals surface area (Å²) in [6.07, 6.45) is 1.16. The molecule has 3 rings (SSSR count). The highest BCUT2D eigenvalue weighted by molar-refractivity contribution is 5.93. The van der Waals surface area contributed by atoms with Crippen molar-refractivity contribution in [1.29, 1.82) is 0 Å². The van der Waals surface area contributed by atoms with Crippen LogP contribution in [0.3, 0.4) is 0 Å². The van der Waals surface area contributed by atoms with E-state index < -0.39 is 11.8 Å². The van der Waals surface area contributed by atoms with E-state index in [-0.39, 0.29) is 18.3 Å². The SMILES string of the molecule is CCOC(=O)C(F)=Cc1c(-c2ccc(F)cc2)cc(-c2ccccc2)nc1C(C)C. The molecule has 0 N–H and O–H groups in total. The predicted molar refractivity (Wildman–Crippen MR) is 115 cm³/mol. The average molecular weight is 407 g/mol. The Bertz CT molecular complexity index is 1060. The monoisotopic (exact) mass is 407 g/mol. The molecule has 0 bridgehead atoms. The third-order valence-electron chi connectivity index (χ3n) is 4.60. The number of halogens is 2. The molecule has 154 valence electrons. The minimum absolute atomic E-state index is 0.0471. The van der Waals surface area contributed by atoms with Crippen molar-refractivity contribution in [2.45, 2.75) is 26.7 Å². The lowest BCUT2D eigenvalue weighted by Crippen LogP contribution is -2.06. The first-order chi connectivity index (χ1) is 14.4. The molecule has 0 radical (unpaired) electrons. The highest BCUT2D eigenvalue weighted by atomic mass is 19.1. The van der Waals surface area contributed by atoms with Crippen LogP contribution >= 0.6 is 0 Å². The van der Waals surface area contributed by atoms with Gasteiger partial charge < -0.3 is 4.74 Å². The summed E-state index contributed by atoms with van der Waals surface area (Å²) in [6, 6.07) is 17.4. The smallest absolute Gasteiger partial charge is 0.367 e. The standard InChI is InChI=1S/C25H23F2NO2/c1-4-30-25(29)22(27)14-21-20(17-10-12-19(26)13-11-17)15-23(28-24(21)16(2)3)18-8-6-5-7-9-18/h5-16H,4H2,1-3H3. The molecule has 3 aromatic rings. The van der Waals surface area contributed by atoms with Gasteiger partial charge in [0.15, 0.2) is 0 Å². The highest BCUT2D eigenvalue weighted by Crippen LogP contribution is 2.35. The maximum Gasteiger partial charge on any atom is 0.367 e. The Morgan fingerprint density at radius 1 is 1.07 bits per heavy atom. The minimum Gasteiger partial charge on any atom is -0.461 e. The maximum atomic E-state index is 14.6. The summed E-state index contributed by atoms with van der Waals surface area (Å²) < 4.78 is 32.9. The Labute approximate surface area is 175 Å². The molecule has 0 aliphatic carbocycles. The molecule has 0 saturated heterocycles. The second kappa shape index (κ2) is 9.44. The van der Waals surface area contributed by atoms with Gasteiger partial charge in [-0.1, -0.05) is 56.3 Å². The number of benzene rings is 2. The number of rotatable bonds is 6. The molecule has 0 saturated carbocycles. The van der Waals surface area contributed by atoms with E-state index in [1.807, 2.05) is 50.2 Å². The van der Waals surface area contributed by atoms with Gasteiger partial charge in [-0.2, -0.15) is 4.39 Å². The van der Waals surface area contributed by atoms with Crippen molar-refractivity contribution < 1.29 is 18.3 Å². The van der Waals surface area contributed by atoms with Crippen LogP contribution in [0, 0.1) is 5.82 Å². The number of carbonyl (C=O) groups is 1. The van der Waals surface area contributed by atoms with Crippen molar-refractivity contribution in [3.05, 3.63) is 83.6 Å². The molecule has 0 atom stereocenters. The van der Waals surface area contributed by atoms with Crippen LogP contribution < -0.4 is 0 Å². The number of hydrogen-bond donors (Lipinski definition) is 0. The summed E-state index contributed by atoms with van der Waals surface area (Å²) in [5, 5.41) is 0. The Morgan fingerprint density at radius 2 is 1.73 bits per heavy atom. The van der Waals surface area contributed by atoms with Gasteiger partial charge in [-0.3, -0.25) is 4.98 Å². The molecule has 0 aliphatic rings. The summed E-state index contributed by atoms with van der Waals surface area (Å²) in [5.74, 6) is -2.44. The lowest BCUT2D eigenvalue weighted by molar-refractivity contribution is -0.140. The van der Waals surface area contributed by atoms with Gasteiger partial charge in [0.1, 0.15) is 5.82 Å². The molecular weight excluding hydrogens is 384 g/mol. The van der Waals surface area contributed by atoms with Crippen molar-refractivity contribution in [2.24, 2.45) is 0 Å². The van der Waals surface area contributed by atoms with Crippen molar-refractivity contribution in [2.75, 3.05) is 6.61 Å². The second-order valence-electron chi connectivity index (χ2n) is 7.09. The van der Waals surface area contributed by atoms with Crippen molar-refractivity contribution in [3.63, 3.8) is 0 Å². The second-order valence-corrected chi connectivity index (χ2v) is 7.09. The van der Waals surface area contributed by atoms with Gasteiger partial charge in [-0.15, -0.1) is 0 Å². The first-order valence-corrected chi connectivity index (χ1v) is 9.81. The van der Waals surface area contributed by atoms with Gasteiger partial charge >= 0.3 is 5.97 Å². The molecule has 0 amide bonds. The highest BCUT2D eigenvalue weighted by Gasteiger charge is 2.19. The number of ether oxygens (including phenoxy) is 1. The summed E-state index contributed by atoms with van der Waals surface area (Å²) in [6.45, 7) is 5.59. The van der Waals surface area contributed by atoms with Crippen LogP contribution in [0.1, 0.15) is 37.9 Å². The molecule has 3 nitrogen and oxygen atoms in total. The average Bonchev–Trinajstić information content (AvgIpc) is 2.75. The Kier molecular flexibility index (Phi) is 6.72. The lowest BCUT2D eigenvalue weighted by atomic mass is 9.92. The van der Waals surface area contributed by atoms with E-state index in [9.17, 15) is 13.6 Å². The van der Waals surface area contributed by atoms with Gasteiger partial charge in [-0.05, 0) is 48.2 Å². The normalized spacial score (nSPS) is 11.6. The van der Waals surface area contributed by atoms with Gasteiger partial charge in [0.2, 0.25) is 5.83 Å². The van der Waals surface area contributed by atoms with Gasteiger partial charge in [0.05, 0.1) is 18.0 Å². The van der Waals surface area contributed by atoms with Crippen molar-refractivity contribution >= 4 is 12.0 Å². The van der Waals surface area contributed by atoms with E-state index >= 15 is 0 Å². The minimum atomic E-state index is -1.02. The van der Waals surface area contributed by atoms with Crippen LogP contribution in [-0.4, -0.2) is 17.6 Å². The molecule has 0 spiro atoms. The number of hydrogen-bond acceptors (Lipinski definition) is 3. The number of aromatic nitrogens is 1. The Balaban J connectivity index is 2.28. The zero-order valence-electron chi connectivity index (χ0n) is 17.2. The zero-order valence-corrected chi connectivity index (χ0v) is 17.2. The molecule has 1 heterocycles. The third-order valence-corrected chi connectivity index (χ3v) is 4.60. The van der Waals surface area contributed by atoms with E-state index in [4.69, 9.17) is 9.72 Å². The van der Waals surface area contributed by atoms with E-state index in [0.29, 0.717) is 28.1 Å². The van der Waals surface area contributed by atoms with E-state index in [1.54, 1.807) is 19.1 Å². The van der Waals surface area contributed by atoms with Gasteiger partial charge in [-0.25, -0.2) is 9.18 Å². The predicted octanol–water partition coefficient (Wildman–Crippen LogP) is 6.55. The quantitative estimate of drug-likeness (QED) is 0.343. The van der Waals surface area contributed by atoms with Gasteiger partial charge in [0.25, 0.3) is 0 Å². The fourth-order valence-electron chi connectivity index (χ4n) is 3.18. The molecule has 2 aromatic carbocycles. The molecular formula is C25H23F2NO2. The fourth-order valence-corrected chi connectivity index (χ4v) is 3.18. The number of pyridine rings is 1. The van der Waals surface area contributed by atoms with Gasteiger partial charge in [0, 0.05) is 11.1 Å². The van der Waals surface area contributed by atoms with E-state index in [2.05, 4.69) is 0 Å². The van der Waals surface area contributed by atoms with Crippen LogP contribution in [0.2, 0.25) is 0 Å². The summed E-state index contributed by atoms with van der Waals surface area (Å²) >= 11 is 0. The first kappa shape index (κ1) is 21.4. The largest absolute Gasteiger partial charge is 0.461 e. The molecule has 1 aromatic heterocycles. The lowest BCUT2D eigenvalue weighted by Gasteiger charge is -2.17. The summed E-state index contributed by atoms with van der Waals surface area (Å²) in [7, 11) is 0. The van der Waals surface area contributed by atoms with Crippen LogP contribution in [-0.2, 0) is 9.53 Å². The van der Waals surface area contributed by atoms with Crippen LogP contribution in [0.4, 0.5) is 8.78 Å². The molecule has 0 aliphatic heterocycles. The molecule has 30 heavy (non-hydrogen) atoms. The van der Waals surface area contributed by atoms with Crippen molar-refractivity contribution in [1.82, 2.24) is 4.98 Å². The van der Waals surface area contributed by atoms with Crippen LogP contribution in [0.5, 0.6) is 0 Å². The fraction of sp³-hybridized carbons (Fsp3) is 0.200. The molecule has 0 fully saturated rings. The third kappa shape index (κ3) is 4.79. The Morgan fingerprint density at radius 3 is 2.33 bits per heavy atom. The topological polar surface area (TPSA) is 39.2 Å². The summed E-state index contributed by atoms with van der Waals surface area (Å²) in [4.78, 5) is 16.6. The van der Waals surface area contributed by atoms with E-state index in [1.165, 1.54) is 12.1 Å². The number of carbonyl (C=O) groups excluding carboxylic acids is 1. The number of nitrogens with zero attached hydrogens (tertiary/aromatic N) is 1. The maximum absolute atomic E-state index is 14.6. The number of esters is 1. The Hall–Kier alpha value is -3.34. The van der Waals surface area contributed by atoms with Crippen LogP contribution in [0.25, 0.3) is 28.5 Å². The summed E-state index contributed by atoms with van der Waals surface area (Å²) in [5.41, 5.74) is 4.08. The van der Waals surface area contributed by atoms with Crippen LogP contribution in [0.15, 0.2) is 66.5 Å². The first-order valence-electron chi connectivity index (χ1n) is 9.81. The molecule has 0 unspecified atom stereocenters. The van der Waals surface area contributed by atoms with E-state index in [0.717, 1.165) is 11.6 Å². The zero-order chi connectivity index (χ0) is 21.7. The van der Waals surface area contributed by atoms with Crippen molar-refractivity contribution in [3.8, 4) is 22.4 Å².